The van der Waals surface area contributed by atoms with Crippen LogP contribution >= 0.6 is 0 Å². The van der Waals surface area contributed by atoms with Gasteiger partial charge in [-0.05, 0) is 30.3 Å². The zero-order valence-electron chi connectivity index (χ0n) is 12.5. The maximum absolute atomic E-state index is 12.3. The molecule has 2 aromatic rings. The first-order valence-electron chi connectivity index (χ1n) is 7.03. The number of hydrogen-bond acceptors (Lipinski definition) is 6. The first-order valence-corrected chi connectivity index (χ1v) is 7.03. The quantitative estimate of drug-likeness (QED) is 0.415. The van der Waals surface area contributed by atoms with Crippen LogP contribution in [-0.4, -0.2) is 23.0 Å². The van der Waals surface area contributed by atoms with Crippen molar-refractivity contribution in [2.24, 2.45) is 0 Å². The predicted molar refractivity (Wildman–Crippen MR) is 90.0 cm³/mol. The minimum Gasteiger partial charge on any atom is -0.398 e. The van der Waals surface area contributed by atoms with Gasteiger partial charge in [0.2, 0.25) is 0 Å². The average molecular weight is 322 g/mol. The first kappa shape index (κ1) is 15.2. The van der Waals surface area contributed by atoms with Crippen LogP contribution in [0.4, 0.5) is 17.2 Å². The summed E-state index contributed by atoms with van der Waals surface area (Å²) in [5.41, 5.74) is 7.85. The van der Waals surface area contributed by atoms with Crippen LogP contribution in [0.3, 0.4) is 0 Å². The smallest absolute Gasteiger partial charge is 0.260 e. The number of nitrogen functional groups attached to an aromatic ring is 1. The maximum atomic E-state index is 12.3. The highest BCUT2D eigenvalue weighted by molar-refractivity contribution is 6.03. The Hall–Kier alpha value is -3.68. The van der Waals surface area contributed by atoms with Crippen molar-refractivity contribution in [2.75, 3.05) is 11.1 Å². The largest absolute Gasteiger partial charge is 0.398 e. The molecule has 1 aliphatic heterocycles. The van der Waals surface area contributed by atoms with E-state index in [9.17, 15) is 9.59 Å². The lowest BCUT2D eigenvalue weighted by Gasteiger charge is -2.17. The normalized spacial score (nSPS) is 12.5. The molecule has 0 radical (unpaired) electrons. The Morgan fingerprint density at radius 1 is 1.33 bits per heavy atom. The number of nitrogens with zero attached hydrogens (tertiary/aromatic N) is 1. The lowest BCUT2D eigenvalue weighted by molar-refractivity contribution is -0.117. The van der Waals surface area contributed by atoms with Crippen molar-refractivity contribution in [3.05, 3.63) is 59.6 Å². The van der Waals surface area contributed by atoms with Crippen molar-refractivity contribution in [1.29, 1.82) is 5.41 Å². The number of carbonyl (C=O) groups excluding carboxylic acids is 2. The monoisotopic (exact) mass is 322 g/mol. The molecule has 8 nitrogen and oxygen atoms in total. The van der Waals surface area contributed by atoms with E-state index in [1.54, 1.807) is 36.5 Å². The van der Waals surface area contributed by atoms with Crippen LogP contribution in [0.5, 0.6) is 0 Å². The second-order valence-electron chi connectivity index (χ2n) is 5.01. The highest BCUT2D eigenvalue weighted by Crippen LogP contribution is 2.22. The van der Waals surface area contributed by atoms with E-state index < -0.39 is 5.91 Å². The average Bonchev–Trinajstić information content (AvgIpc) is 2.54. The lowest BCUT2D eigenvalue weighted by Crippen LogP contribution is -2.41. The van der Waals surface area contributed by atoms with Crippen LogP contribution in [-0.2, 0) is 4.79 Å². The Morgan fingerprint density at radius 2 is 2.12 bits per heavy atom. The summed E-state index contributed by atoms with van der Waals surface area (Å²) in [6.45, 7) is 0. The van der Waals surface area contributed by atoms with Gasteiger partial charge in [0.25, 0.3) is 11.8 Å². The standard InChI is InChI=1S/C16H14N6O2/c17-8-9-3-4-10(6-12(9)18)20-15-11(2-1-5-19-15)16(24)22-13-7-14(23)21-13/h1-8,17H,18H2,(H,19,20)(H2,21,22,23,24). The van der Waals surface area contributed by atoms with Gasteiger partial charge in [-0.2, -0.15) is 0 Å². The van der Waals surface area contributed by atoms with E-state index in [1.165, 1.54) is 12.3 Å². The summed E-state index contributed by atoms with van der Waals surface area (Å²) >= 11 is 0. The van der Waals surface area contributed by atoms with E-state index in [4.69, 9.17) is 11.1 Å². The van der Waals surface area contributed by atoms with Gasteiger partial charge in [0, 0.05) is 35.4 Å². The van der Waals surface area contributed by atoms with Crippen molar-refractivity contribution in [3.63, 3.8) is 0 Å². The first-order chi connectivity index (χ1) is 11.6. The molecule has 0 saturated heterocycles. The number of hydrogen-bond donors (Lipinski definition) is 5. The summed E-state index contributed by atoms with van der Waals surface area (Å²) in [6, 6.07) is 8.34. The maximum Gasteiger partial charge on any atom is 0.260 e. The molecule has 0 aliphatic carbocycles. The highest BCUT2D eigenvalue weighted by Gasteiger charge is 2.19. The number of amides is 2. The molecule has 6 N–H and O–H groups in total. The predicted octanol–water partition coefficient (Wildman–Crippen LogP) is 1.11. The van der Waals surface area contributed by atoms with E-state index in [1.807, 2.05) is 0 Å². The Balaban J connectivity index is 1.82. The summed E-state index contributed by atoms with van der Waals surface area (Å²) < 4.78 is 0. The Labute approximate surface area is 137 Å². The summed E-state index contributed by atoms with van der Waals surface area (Å²) in [4.78, 5) is 27.3. The summed E-state index contributed by atoms with van der Waals surface area (Å²) in [7, 11) is 0. The molecule has 0 fully saturated rings. The lowest BCUT2D eigenvalue weighted by atomic mass is 10.1. The van der Waals surface area contributed by atoms with Crippen LogP contribution in [0.25, 0.3) is 0 Å². The molecule has 3 rings (SSSR count). The van der Waals surface area contributed by atoms with Crippen LogP contribution in [0, 0.1) is 5.41 Å². The van der Waals surface area contributed by atoms with Gasteiger partial charge in [0.1, 0.15) is 11.6 Å². The number of pyridine rings is 1. The third-order valence-corrected chi connectivity index (χ3v) is 3.34. The molecule has 120 valence electrons. The zero-order valence-corrected chi connectivity index (χ0v) is 12.5. The van der Waals surface area contributed by atoms with Crippen molar-refractivity contribution >= 4 is 35.2 Å². The van der Waals surface area contributed by atoms with Crippen LogP contribution in [0.15, 0.2) is 48.4 Å². The molecule has 2 heterocycles. The Bertz CT molecular complexity index is 875. The molecule has 2 amide bonds. The van der Waals surface area contributed by atoms with Gasteiger partial charge in [0.05, 0.1) is 5.56 Å². The third-order valence-electron chi connectivity index (χ3n) is 3.34. The zero-order chi connectivity index (χ0) is 17.1. The number of carbonyl (C=O) groups is 2. The van der Waals surface area contributed by atoms with Gasteiger partial charge in [-0.3, -0.25) is 9.59 Å². The van der Waals surface area contributed by atoms with Crippen molar-refractivity contribution in [2.45, 2.75) is 0 Å². The van der Waals surface area contributed by atoms with E-state index >= 15 is 0 Å². The van der Waals surface area contributed by atoms with E-state index in [0.717, 1.165) is 0 Å². The molecule has 0 spiro atoms. The van der Waals surface area contributed by atoms with Gasteiger partial charge < -0.3 is 27.1 Å². The molecule has 0 bridgehead atoms. The molecule has 1 aromatic heterocycles. The molecule has 0 unspecified atom stereocenters. The molecular formula is C16H14N6O2. The number of anilines is 3. The molecule has 24 heavy (non-hydrogen) atoms. The van der Waals surface area contributed by atoms with Gasteiger partial charge >= 0.3 is 0 Å². The summed E-state index contributed by atoms with van der Waals surface area (Å²) in [5, 5.41) is 15.3. The van der Waals surface area contributed by atoms with Crippen molar-refractivity contribution in [3.8, 4) is 0 Å². The number of nitrogens with one attached hydrogen (secondary N) is 4. The van der Waals surface area contributed by atoms with Crippen LogP contribution in [0.1, 0.15) is 15.9 Å². The summed E-state index contributed by atoms with van der Waals surface area (Å²) in [6.07, 6.45) is 4.01. The molecule has 1 aliphatic rings. The molecule has 8 heteroatoms. The van der Waals surface area contributed by atoms with Crippen molar-refractivity contribution < 1.29 is 9.59 Å². The SMILES string of the molecule is N=Cc1ccc(Nc2ncccc2C(=O)NC2=CC(=O)N2)cc1N. The van der Waals surface area contributed by atoms with Gasteiger partial charge in [-0.1, -0.05) is 0 Å². The summed E-state index contributed by atoms with van der Waals surface area (Å²) in [5.74, 6) is 0.0418. The molecule has 1 aromatic carbocycles. The minimum absolute atomic E-state index is 0.253. The fraction of sp³-hybridized carbons (Fsp3) is 0. The molecule has 0 atom stereocenters. The Morgan fingerprint density at radius 3 is 2.79 bits per heavy atom. The van der Waals surface area contributed by atoms with Crippen LogP contribution in [0.2, 0.25) is 0 Å². The topological polar surface area (TPSA) is 133 Å². The van der Waals surface area contributed by atoms with E-state index in [0.29, 0.717) is 34.1 Å². The number of nitrogens with two attached hydrogens (primary N) is 1. The number of benzene rings is 1. The van der Waals surface area contributed by atoms with Gasteiger partial charge in [0.15, 0.2) is 0 Å². The Kier molecular flexibility index (Phi) is 3.94. The van der Waals surface area contributed by atoms with Crippen molar-refractivity contribution in [1.82, 2.24) is 15.6 Å². The molecular weight excluding hydrogens is 308 g/mol. The number of rotatable bonds is 5. The fourth-order valence-electron chi connectivity index (χ4n) is 2.12. The van der Waals surface area contributed by atoms with Gasteiger partial charge in [-0.15, -0.1) is 0 Å². The molecule has 0 saturated carbocycles. The number of aromatic nitrogens is 1. The second kappa shape index (κ2) is 6.21. The fourth-order valence-corrected chi connectivity index (χ4v) is 2.12. The minimum atomic E-state index is -0.402. The van der Waals surface area contributed by atoms with E-state index in [2.05, 4.69) is 20.9 Å². The van der Waals surface area contributed by atoms with Gasteiger partial charge in [-0.25, -0.2) is 4.98 Å². The third kappa shape index (κ3) is 3.07. The van der Waals surface area contributed by atoms with E-state index in [-0.39, 0.29) is 5.91 Å². The van der Waals surface area contributed by atoms with Crippen LogP contribution < -0.4 is 21.7 Å². The second-order valence-corrected chi connectivity index (χ2v) is 5.01. The highest BCUT2D eigenvalue weighted by atomic mass is 16.2.